The minimum absolute atomic E-state index is 0.254. The topological polar surface area (TPSA) is 71.1 Å². The number of rotatable bonds is 6. The molecular formula is C12H19N3O2S. The van der Waals surface area contributed by atoms with E-state index >= 15 is 0 Å². The first kappa shape index (κ1) is 13.3. The molecule has 1 aliphatic carbocycles. The van der Waals surface area contributed by atoms with Crippen LogP contribution in [-0.4, -0.2) is 27.0 Å². The highest BCUT2D eigenvalue weighted by Crippen LogP contribution is 2.36. The van der Waals surface area contributed by atoms with Gasteiger partial charge in [-0.25, -0.2) is 18.1 Å². The van der Waals surface area contributed by atoms with Gasteiger partial charge in [-0.1, -0.05) is 6.92 Å². The second kappa shape index (κ2) is 5.24. The van der Waals surface area contributed by atoms with Crippen LogP contribution in [0.3, 0.4) is 0 Å². The highest BCUT2D eigenvalue weighted by molar-refractivity contribution is 7.89. The van der Waals surface area contributed by atoms with Crippen molar-refractivity contribution < 1.29 is 8.42 Å². The zero-order valence-corrected chi connectivity index (χ0v) is 11.5. The molecule has 6 heteroatoms. The number of pyridine rings is 1. The molecule has 2 rings (SSSR count). The number of sulfonamides is 1. The van der Waals surface area contributed by atoms with E-state index in [0.29, 0.717) is 24.2 Å². The van der Waals surface area contributed by atoms with Gasteiger partial charge in [-0.15, -0.1) is 0 Å². The van der Waals surface area contributed by atoms with Crippen LogP contribution in [0.1, 0.15) is 19.8 Å². The van der Waals surface area contributed by atoms with Crippen molar-refractivity contribution in [2.75, 3.05) is 18.9 Å². The van der Waals surface area contributed by atoms with Crippen molar-refractivity contribution in [3.05, 3.63) is 18.3 Å². The molecule has 0 saturated heterocycles. The molecule has 0 radical (unpaired) electrons. The monoisotopic (exact) mass is 269 g/mol. The normalized spacial score (nSPS) is 17.4. The molecule has 1 unspecified atom stereocenters. The van der Waals surface area contributed by atoms with Crippen molar-refractivity contribution >= 4 is 15.8 Å². The van der Waals surface area contributed by atoms with E-state index in [9.17, 15) is 8.42 Å². The Morgan fingerprint density at radius 1 is 1.50 bits per heavy atom. The van der Waals surface area contributed by atoms with E-state index in [1.807, 2.05) is 0 Å². The van der Waals surface area contributed by atoms with E-state index in [4.69, 9.17) is 0 Å². The van der Waals surface area contributed by atoms with E-state index < -0.39 is 10.0 Å². The van der Waals surface area contributed by atoms with Gasteiger partial charge in [0.1, 0.15) is 5.82 Å². The van der Waals surface area contributed by atoms with Gasteiger partial charge in [0.25, 0.3) is 0 Å². The summed E-state index contributed by atoms with van der Waals surface area (Å²) in [6, 6.07) is 3.04. The quantitative estimate of drug-likeness (QED) is 0.820. The Hall–Kier alpha value is -1.14. The molecule has 0 aromatic carbocycles. The molecule has 1 saturated carbocycles. The smallest absolute Gasteiger partial charge is 0.240 e. The van der Waals surface area contributed by atoms with Crippen LogP contribution >= 0.6 is 0 Å². The Morgan fingerprint density at radius 3 is 2.83 bits per heavy atom. The molecule has 0 aliphatic heterocycles. The lowest BCUT2D eigenvalue weighted by molar-refractivity contribution is 0.492. The molecule has 18 heavy (non-hydrogen) atoms. The van der Waals surface area contributed by atoms with Crippen molar-refractivity contribution in [3.8, 4) is 0 Å². The van der Waals surface area contributed by atoms with E-state index in [1.165, 1.54) is 31.2 Å². The summed E-state index contributed by atoms with van der Waals surface area (Å²) in [4.78, 5) is 4.26. The van der Waals surface area contributed by atoms with Gasteiger partial charge in [-0.3, -0.25) is 0 Å². The predicted octanol–water partition coefficient (Wildman–Crippen LogP) is 1.45. The molecular weight excluding hydrogens is 250 g/mol. The second-order valence-corrected chi connectivity index (χ2v) is 6.56. The Balaban J connectivity index is 2.04. The largest absolute Gasteiger partial charge is 0.373 e. The van der Waals surface area contributed by atoms with E-state index in [-0.39, 0.29) is 4.90 Å². The van der Waals surface area contributed by atoms with Gasteiger partial charge < -0.3 is 5.32 Å². The Bertz CT molecular complexity index is 512. The molecule has 1 aliphatic rings. The lowest BCUT2D eigenvalue weighted by Crippen LogP contribution is -2.29. The van der Waals surface area contributed by atoms with Crippen LogP contribution in [0.2, 0.25) is 0 Å². The minimum Gasteiger partial charge on any atom is -0.373 e. The van der Waals surface area contributed by atoms with Gasteiger partial charge in [0, 0.05) is 25.9 Å². The second-order valence-electron chi connectivity index (χ2n) is 4.79. The molecule has 5 nitrogen and oxygen atoms in total. The van der Waals surface area contributed by atoms with Crippen LogP contribution in [-0.2, 0) is 10.0 Å². The Labute approximate surface area is 108 Å². The van der Waals surface area contributed by atoms with Crippen molar-refractivity contribution in [1.82, 2.24) is 9.71 Å². The Morgan fingerprint density at radius 2 is 2.22 bits per heavy atom. The minimum atomic E-state index is -3.42. The van der Waals surface area contributed by atoms with Gasteiger partial charge in [-0.05, 0) is 30.7 Å². The summed E-state index contributed by atoms with van der Waals surface area (Å²) in [6.45, 7) is 2.59. The third-order valence-corrected chi connectivity index (χ3v) is 4.74. The van der Waals surface area contributed by atoms with Crippen molar-refractivity contribution in [2.45, 2.75) is 24.7 Å². The number of nitrogens with zero attached hydrogens (tertiary/aromatic N) is 1. The van der Waals surface area contributed by atoms with Crippen LogP contribution in [0.4, 0.5) is 5.82 Å². The summed E-state index contributed by atoms with van der Waals surface area (Å²) in [6.07, 6.45) is 3.94. The van der Waals surface area contributed by atoms with E-state index in [2.05, 4.69) is 21.9 Å². The summed E-state index contributed by atoms with van der Waals surface area (Å²) in [7, 11) is -1.71. The molecule has 0 bridgehead atoms. The molecule has 1 atom stereocenters. The molecule has 1 fully saturated rings. The molecule has 1 aromatic heterocycles. The van der Waals surface area contributed by atoms with Crippen LogP contribution in [0.25, 0.3) is 0 Å². The molecule has 0 amide bonds. The number of aromatic nitrogens is 1. The first-order valence-electron chi connectivity index (χ1n) is 6.16. The lowest BCUT2D eigenvalue weighted by Gasteiger charge is -2.12. The number of nitrogens with one attached hydrogen (secondary N) is 2. The van der Waals surface area contributed by atoms with E-state index in [0.717, 1.165) is 0 Å². The molecule has 1 aromatic rings. The summed E-state index contributed by atoms with van der Waals surface area (Å²) >= 11 is 0. The third-order valence-electron chi connectivity index (χ3n) is 3.32. The third kappa shape index (κ3) is 3.20. The maximum Gasteiger partial charge on any atom is 0.240 e. The summed E-state index contributed by atoms with van der Waals surface area (Å²) in [5.74, 6) is 1.65. The van der Waals surface area contributed by atoms with Crippen LogP contribution < -0.4 is 10.0 Å². The fourth-order valence-electron chi connectivity index (χ4n) is 1.87. The average molecular weight is 269 g/mol. The fraction of sp³-hybridized carbons (Fsp3) is 0.583. The van der Waals surface area contributed by atoms with Gasteiger partial charge in [0.2, 0.25) is 10.0 Å². The zero-order chi connectivity index (χ0) is 13.2. The van der Waals surface area contributed by atoms with Gasteiger partial charge >= 0.3 is 0 Å². The number of hydrogen-bond donors (Lipinski definition) is 2. The first-order valence-corrected chi connectivity index (χ1v) is 7.64. The highest BCUT2D eigenvalue weighted by atomic mass is 32.2. The predicted molar refractivity (Wildman–Crippen MR) is 70.9 cm³/mol. The summed E-state index contributed by atoms with van der Waals surface area (Å²) < 4.78 is 26.8. The number of hydrogen-bond acceptors (Lipinski definition) is 4. The SMILES string of the molecule is CNc1cc(S(=O)(=O)NCC(C)C2CC2)ccn1. The van der Waals surface area contributed by atoms with Crippen molar-refractivity contribution in [3.63, 3.8) is 0 Å². The molecule has 2 N–H and O–H groups in total. The van der Waals surface area contributed by atoms with Gasteiger partial charge in [0.05, 0.1) is 4.90 Å². The number of anilines is 1. The maximum absolute atomic E-state index is 12.1. The van der Waals surface area contributed by atoms with Crippen LogP contribution in [0.5, 0.6) is 0 Å². The highest BCUT2D eigenvalue weighted by Gasteiger charge is 2.28. The standard InChI is InChI=1S/C12H19N3O2S/c1-9(10-3-4-10)8-15-18(16,17)11-5-6-14-12(7-11)13-2/h5-7,9-10,15H,3-4,8H2,1-2H3,(H,13,14). The van der Waals surface area contributed by atoms with Crippen LogP contribution in [0, 0.1) is 11.8 Å². The van der Waals surface area contributed by atoms with E-state index in [1.54, 1.807) is 7.05 Å². The fourth-order valence-corrected chi connectivity index (χ4v) is 3.03. The first-order chi connectivity index (χ1) is 8.53. The van der Waals surface area contributed by atoms with Gasteiger partial charge in [-0.2, -0.15) is 0 Å². The maximum atomic E-state index is 12.1. The van der Waals surface area contributed by atoms with Gasteiger partial charge in [0.15, 0.2) is 0 Å². The molecule has 1 heterocycles. The van der Waals surface area contributed by atoms with Crippen molar-refractivity contribution in [1.29, 1.82) is 0 Å². The molecule has 0 spiro atoms. The molecule has 100 valence electrons. The van der Waals surface area contributed by atoms with Crippen LogP contribution in [0.15, 0.2) is 23.2 Å². The average Bonchev–Trinajstić information content (AvgIpc) is 3.20. The summed E-state index contributed by atoms with van der Waals surface area (Å²) in [5.41, 5.74) is 0. The zero-order valence-electron chi connectivity index (χ0n) is 10.7. The Kier molecular flexibility index (Phi) is 3.87. The van der Waals surface area contributed by atoms with Crippen molar-refractivity contribution in [2.24, 2.45) is 11.8 Å². The summed E-state index contributed by atoms with van der Waals surface area (Å²) in [5, 5.41) is 2.83. The lowest BCUT2D eigenvalue weighted by atomic mass is 10.1.